The number of hydrogen-bond acceptors (Lipinski definition) is 0. The second-order valence-electron chi connectivity index (χ2n) is 5.91. The molecule has 0 spiro atoms. The van der Waals surface area contributed by atoms with Crippen molar-refractivity contribution in [2.75, 3.05) is 0 Å². The van der Waals surface area contributed by atoms with E-state index in [2.05, 4.69) is 27.7 Å². The minimum atomic E-state index is -1.69. The molecule has 0 radical (unpaired) electrons. The zero-order valence-corrected chi connectivity index (χ0v) is 18.6. The Labute approximate surface area is 138 Å². The third-order valence-corrected chi connectivity index (χ3v) is 20.4. The summed E-state index contributed by atoms with van der Waals surface area (Å²) in [6.07, 6.45) is 11.8. The summed E-state index contributed by atoms with van der Waals surface area (Å²) in [5.74, 6) is 0. The molecule has 0 rings (SSSR count). The second kappa shape index (κ2) is 14.9. The molecule has 0 bridgehead atoms. The van der Waals surface area contributed by atoms with Crippen molar-refractivity contribution in [2.24, 2.45) is 0 Å². The Bertz CT molecular complexity index is 122. The third kappa shape index (κ3) is 10.3. The molecule has 0 fully saturated rings. The zero-order valence-electron chi connectivity index (χ0n) is 13.4. The van der Waals surface area contributed by atoms with Gasteiger partial charge in [-0.1, -0.05) is 0 Å². The summed E-state index contributed by atoms with van der Waals surface area (Å²) in [7, 11) is 0. The van der Waals surface area contributed by atoms with Crippen LogP contribution in [0.3, 0.4) is 0 Å². The number of hydrogen-bond donors (Lipinski definition) is 0. The molecular weight excluding hydrogens is 438 g/mol. The molecule has 0 unspecified atom stereocenters. The standard InChI is InChI=1S/4C4H9.HI.Sn/c4*1-3-4-2;;/h4*1,3-4H2,2H3;1H;. The predicted molar refractivity (Wildman–Crippen MR) is 100 cm³/mol. The maximum atomic E-state index is 2.37. The van der Waals surface area contributed by atoms with Crippen LogP contribution in [0.25, 0.3) is 0 Å². The second-order valence-corrected chi connectivity index (χ2v) is 20.2. The van der Waals surface area contributed by atoms with Crippen LogP contribution in [0.1, 0.15) is 79.1 Å². The summed E-state index contributed by atoms with van der Waals surface area (Å²) in [6, 6.07) is 0. The normalized spacial score (nSPS) is 11.3. The molecule has 0 saturated carbocycles. The van der Waals surface area contributed by atoms with Crippen LogP contribution >= 0.6 is 24.0 Å². The monoisotopic (exact) mass is 476 g/mol. The Morgan fingerprint density at radius 2 is 0.722 bits per heavy atom. The maximum absolute atomic E-state index is 2.37. The first kappa shape index (κ1) is 21.8. The van der Waals surface area contributed by atoms with E-state index < -0.39 is 18.4 Å². The van der Waals surface area contributed by atoms with Crippen LogP contribution in [0.2, 0.25) is 17.7 Å². The Hall–Kier alpha value is 1.53. The molecule has 0 heterocycles. The van der Waals surface area contributed by atoms with Crippen LogP contribution in [0.5, 0.6) is 0 Å². The molecular formula is C16H37ISn. The average molecular weight is 475 g/mol. The minimum Gasteiger partial charge on any atom is -0.107 e. The topological polar surface area (TPSA) is 0 Å². The van der Waals surface area contributed by atoms with Crippen molar-refractivity contribution in [3.05, 3.63) is 0 Å². The van der Waals surface area contributed by atoms with Gasteiger partial charge in [0.25, 0.3) is 0 Å². The molecule has 0 saturated heterocycles. The van der Waals surface area contributed by atoms with Crippen LogP contribution in [-0.2, 0) is 0 Å². The van der Waals surface area contributed by atoms with Gasteiger partial charge in [0.1, 0.15) is 0 Å². The Balaban J connectivity index is 0. The first-order chi connectivity index (χ1) is 8.24. The molecule has 2 heteroatoms. The van der Waals surface area contributed by atoms with E-state index in [4.69, 9.17) is 0 Å². The van der Waals surface area contributed by atoms with Gasteiger partial charge in [0.2, 0.25) is 0 Å². The summed E-state index contributed by atoms with van der Waals surface area (Å²) < 4.78 is 6.80. The van der Waals surface area contributed by atoms with Crippen molar-refractivity contribution in [2.45, 2.75) is 96.8 Å². The Morgan fingerprint density at radius 1 is 0.500 bits per heavy atom. The summed E-state index contributed by atoms with van der Waals surface area (Å²) >= 11 is -1.69. The van der Waals surface area contributed by atoms with Crippen LogP contribution in [0.4, 0.5) is 0 Å². The average Bonchev–Trinajstić information content (AvgIpc) is 2.37. The predicted octanol–water partition coefficient (Wildman–Crippen LogP) is 7.25. The van der Waals surface area contributed by atoms with Crippen molar-refractivity contribution < 1.29 is 0 Å². The molecule has 0 aromatic rings. The van der Waals surface area contributed by atoms with Gasteiger partial charge < -0.3 is 0 Å². The minimum absolute atomic E-state index is 0. The summed E-state index contributed by atoms with van der Waals surface area (Å²) in [5, 5.41) is 0. The summed E-state index contributed by atoms with van der Waals surface area (Å²) in [6.45, 7) is 9.48. The molecule has 0 nitrogen and oxygen atoms in total. The summed E-state index contributed by atoms with van der Waals surface area (Å²) in [5.41, 5.74) is 0. The van der Waals surface area contributed by atoms with Gasteiger partial charge in [-0.25, -0.2) is 0 Å². The van der Waals surface area contributed by atoms with Gasteiger partial charge in [-0.2, -0.15) is 0 Å². The molecule has 0 N–H and O–H groups in total. The van der Waals surface area contributed by atoms with Crippen molar-refractivity contribution in [3.63, 3.8) is 0 Å². The van der Waals surface area contributed by atoms with E-state index >= 15 is 0 Å². The third-order valence-electron chi connectivity index (χ3n) is 4.24. The molecule has 18 heavy (non-hydrogen) atoms. The van der Waals surface area contributed by atoms with Gasteiger partial charge in [-0.15, -0.1) is 24.0 Å². The first-order valence-corrected chi connectivity index (χ1v) is 16.3. The van der Waals surface area contributed by atoms with Gasteiger partial charge in [0, 0.05) is 0 Å². The largest absolute Gasteiger partial charge is 0.107 e. The number of halogens is 1. The molecule has 0 atom stereocenters. The van der Waals surface area contributed by atoms with E-state index in [1.165, 1.54) is 51.4 Å². The van der Waals surface area contributed by atoms with E-state index in [1.807, 2.05) is 0 Å². The van der Waals surface area contributed by atoms with Crippen LogP contribution in [-0.4, -0.2) is 18.4 Å². The van der Waals surface area contributed by atoms with Gasteiger partial charge in [-0.3, -0.25) is 0 Å². The van der Waals surface area contributed by atoms with Crippen LogP contribution < -0.4 is 0 Å². The van der Waals surface area contributed by atoms with Crippen LogP contribution in [0.15, 0.2) is 0 Å². The first-order valence-electron chi connectivity index (χ1n) is 8.24. The fourth-order valence-corrected chi connectivity index (χ4v) is 19.8. The van der Waals surface area contributed by atoms with Gasteiger partial charge in [-0.05, 0) is 0 Å². The van der Waals surface area contributed by atoms with E-state index in [-0.39, 0.29) is 24.0 Å². The molecule has 112 valence electrons. The molecule has 0 aromatic heterocycles. The SMILES string of the molecule is CCC[CH2][Sn]([CH2]CCC)([CH2]CCC)[CH2]CCC.I. The molecule has 0 aliphatic heterocycles. The van der Waals surface area contributed by atoms with Crippen molar-refractivity contribution in [1.82, 2.24) is 0 Å². The molecule has 0 aliphatic rings. The van der Waals surface area contributed by atoms with E-state index in [0.717, 1.165) is 0 Å². The van der Waals surface area contributed by atoms with Gasteiger partial charge in [0.05, 0.1) is 0 Å². The van der Waals surface area contributed by atoms with Gasteiger partial charge in [0.15, 0.2) is 0 Å². The molecule has 0 aromatic carbocycles. The van der Waals surface area contributed by atoms with Gasteiger partial charge >= 0.3 is 115 Å². The van der Waals surface area contributed by atoms with Crippen molar-refractivity contribution in [1.29, 1.82) is 0 Å². The Kier molecular flexibility index (Phi) is 18.1. The molecule has 0 amide bonds. The Morgan fingerprint density at radius 3 is 0.889 bits per heavy atom. The van der Waals surface area contributed by atoms with E-state index in [9.17, 15) is 0 Å². The van der Waals surface area contributed by atoms with E-state index in [0.29, 0.717) is 0 Å². The fourth-order valence-electron chi connectivity index (χ4n) is 2.96. The molecule has 0 aliphatic carbocycles. The van der Waals surface area contributed by atoms with Crippen molar-refractivity contribution >= 4 is 42.4 Å². The number of rotatable bonds is 12. The summed E-state index contributed by atoms with van der Waals surface area (Å²) in [4.78, 5) is 0. The fraction of sp³-hybridized carbons (Fsp3) is 1.00. The van der Waals surface area contributed by atoms with E-state index in [1.54, 1.807) is 17.7 Å². The zero-order chi connectivity index (χ0) is 13.0. The van der Waals surface area contributed by atoms with Crippen LogP contribution in [0, 0.1) is 0 Å². The smallest absolute Gasteiger partial charge is 0.107 e. The van der Waals surface area contributed by atoms with Crippen molar-refractivity contribution in [3.8, 4) is 0 Å². The number of unbranched alkanes of at least 4 members (excludes halogenated alkanes) is 4. The maximum Gasteiger partial charge on any atom is -0.107 e. The quantitative estimate of drug-likeness (QED) is 0.206.